The molecule has 3 rings (SSSR count). The van der Waals surface area contributed by atoms with Gasteiger partial charge >= 0.3 is 0 Å². The third kappa shape index (κ3) is 6.52. The predicted molar refractivity (Wildman–Crippen MR) is 129 cm³/mol. The van der Waals surface area contributed by atoms with Crippen LogP contribution in [0.1, 0.15) is 42.1 Å². The van der Waals surface area contributed by atoms with Crippen molar-refractivity contribution in [2.45, 2.75) is 33.1 Å². The van der Waals surface area contributed by atoms with Gasteiger partial charge in [-0.1, -0.05) is 25.5 Å². The quantitative estimate of drug-likeness (QED) is 0.299. The SMILES string of the molecule is CCCCOCCCNC(=O)c1ccc(Nc2nccc(-c3cccc(N)c3C)n2)cc1. The van der Waals surface area contributed by atoms with Crippen LogP contribution < -0.4 is 16.4 Å². The van der Waals surface area contributed by atoms with Crippen molar-refractivity contribution >= 4 is 23.2 Å². The highest BCUT2D eigenvalue weighted by molar-refractivity contribution is 5.94. The first kappa shape index (κ1) is 23.2. The molecular formula is C25H31N5O2. The number of carbonyl (C=O) groups is 1. The number of amides is 1. The summed E-state index contributed by atoms with van der Waals surface area (Å²) in [6.07, 6.45) is 4.71. The van der Waals surface area contributed by atoms with Gasteiger partial charge in [-0.15, -0.1) is 0 Å². The van der Waals surface area contributed by atoms with Crippen LogP contribution in [0.3, 0.4) is 0 Å². The predicted octanol–water partition coefficient (Wildman–Crippen LogP) is 4.71. The molecular weight excluding hydrogens is 402 g/mol. The Morgan fingerprint density at radius 2 is 1.84 bits per heavy atom. The molecule has 3 aromatic rings. The Morgan fingerprint density at radius 3 is 2.62 bits per heavy atom. The van der Waals surface area contributed by atoms with E-state index in [2.05, 4.69) is 27.5 Å². The number of rotatable bonds is 11. The Labute approximate surface area is 189 Å². The maximum atomic E-state index is 12.3. The van der Waals surface area contributed by atoms with Gasteiger partial charge < -0.3 is 21.1 Å². The van der Waals surface area contributed by atoms with E-state index < -0.39 is 0 Å². The highest BCUT2D eigenvalue weighted by Crippen LogP contribution is 2.26. The van der Waals surface area contributed by atoms with Crippen molar-refractivity contribution in [1.82, 2.24) is 15.3 Å². The van der Waals surface area contributed by atoms with Gasteiger partial charge in [-0.25, -0.2) is 9.97 Å². The Hall–Kier alpha value is -3.45. The summed E-state index contributed by atoms with van der Waals surface area (Å²) < 4.78 is 5.51. The summed E-state index contributed by atoms with van der Waals surface area (Å²) in [5.41, 5.74) is 10.9. The lowest BCUT2D eigenvalue weighted by molar-refractivity contribution is 0.0940. The molecule has 7 heteroatoms. The number of hydrogen-bond donors (Lipinski definition) is 3. The molecule has 0 aliphatic carbocycles. The molecule has 2 aromatic carbocycles. The Balaban J connectivity index is 1.54. The summed E-state index contributed by atoms with van der Waals surface area (Å²) in [6.45, 7) is 6.15. The topological polar surface area (TPSA) is 102 Å². The maximum Gasteiger partial charge on any atom is 0.251 e. The fourth-order valence-corrected chi connectivity index (χ4v) is 3.16. The molecule has 0 aliphatic rings. The van der Waals surface area contributed by atoms with Gasteiger partial charge in [0.05, 0.1) is 5.69 Å². The molecule has 0 fully saturated rings. The van der Waals surface area contributed by atoms with Gasteiger partial charge in [0.2, 0.25) is 5.95 Å². The molecule has 0 radical (unpaired) electrons. The molecule has 0 saturated carbocycles. The average molecular weight is 434 g/mol. The first-order valence-electron chi connectivity index (χ1n) is 11.0. The van der Waals surface area contributed by atoms with Crippen molar-refractivity contribution in [3.05, 3.63) is 65.9 Å². The van der Waals surface area contributed by atoms with E-state index in [-0.39, 0.29) is 5.91 Å². The third-order valence-electron chi connectivity index (χ3n) is 5.10. The number of unbranched alkanes of at least 4 members (excludes halogenated alkanes) is 1. The summed E-state index contributed by atoms with van der Waals surface area (Å²) in [5, 5.41) is 6.11. The monoisotopic (exact) mass is 433 g/mol. The standard InChI is InChI=1S/C25H31N5O2/c1-3-4-16-32-17-6-14-27-24(31)19-9-11-20(12-10-19)29-25-28-15-13-23(30-25)21-7-5-8-22(26)18(21)2/h5,7-13,15H,3-4,6,14,16-17,26H2,1-2H3,(H,27,31)(H,28,29,30). The second kappa shape index (κ2) is 11.8. The van der Waals surface area contributed by atoms with Gasteiger partial charge in [-0.3, -0.25) is 4.79 Å². The van der Waals surface area contributed by atoms with E-state index in [4.69, 9.17) is 10.5 Å². The number of hydrogen-bond acceptors (Lipinski definition) is 6. The van der Waals surface area contributed by atoms with Crippen molar-refractivity contribution in [1.29, 1.82) is 0 Å². The third-order valence-corrected chi connectivity index (χ3v) is 5.10. The molecule has 32 heavy (non-hydrogen) atoms. The molecule has 1 heterocycles. The largest absolute Gasteiger partial charge is 0.398 e. The van der Waals surface area contributed by atoms with Crippen molar-refractivity contribution in [3.8, 4) is 11.3 Å². The Kier molecular flexibility index (Phi) is 8.57. The van der Waals surface area contributed by atoms with E-state index in [1.807, 2.05) is 43.3 Å². The molecule has 0 bridgehead atoms. The van der Waals surface area contributed by atoms with Gasteiger partial charge in [-0.05, 0) is 61.7 Å². The number of anilines is 3. The van der Waals surface area contributed by atoms with Crippen LogP contribution in [-0.2, 0) is 4.74 Å². The Morgan fingerprint density at radius 1 is 1.06 bits per heavy atom. The van der Waals surface area contributed by atoms with Gasteiger partial charge in [0, 0.05) is 48.5 Å². The van der Waals surface area contributed by atoms with Gasteiger partial charge in [0.15, 0.2) is 0 Å². The smallest absolute Gasteiger partial charge is 0.251 e. The van der Waals surface area contributed by atoms with Crippen molar-refractivity contribution in [2.75, 3.05) is 30.8 Å². The number of nitrogens with two attached hydrogens (primary N) is 1. The number of nitrogen functional groups attached to an aromatic ring is 1. The summed E-state index contributed by atoms with van der Waals surface area (Å²) >= 11 is 0. The molecule has 1 amide bonds. The first-order chi connectivity index (χ1) is 15.6. The number of aromatic nitrogens is 2. The van der Waals surface area contributed by atoms with Crippen LogP contribution in [0.15, 0.2) is 54.7 Å². The van der Waals surface area contributed by atoms with E-state index >= 15 is 0 Å². The normalized spacial score (nSPS) is 10.7. The van der Waals surface area contributed by atoms with Crippen molar-refractivity contribution in [3.63, 3.8) is 0 Å². The number of carbonyl (C=O) groups excluding carboxylic acids is 1. The fourth-order valence-electron chi connectivity index (χ4n) is 3.16. The summed E-state index contributed by atoms with van der Waals surface area (Å²) in [7, 11) is 0. The summed E-state index contributed by atoms with van der Waals surface area (Å²) in [5.74, 6) is 0.380. The summed E-state index contributed by atoms with van der Waals surface area (Å²) in [4.78, 5) is 21.2. The van der Waals surface area contributed by atoms with Gasteiger partial charge in [-0.2, -0.15) is 0 Å². The highest BCUT2D eigenvalue weighted by Gasteiger charge is 2.08. The summed E-state index contributed by atoms with van der Waals surface area (Å²) in [6, 6.07) is 14.9. The lowest BCUT2D eigenvalue weighted by Gasteiger charge is -2.10. The van der Waals surface area contributed by atoms with Crippen LogP contribution in [0, 0.1) is 6.92 Å². The zero-order chi connectivity index (χ0) is 22.8. The number of nitrogens with zero attached hydrogens (tertiary/aromatic N) is 2. The second-order valence-electron chi connectivity index (χ2n) is 7.56. The minimum Gasteiger partial charge on any atom is -0.398 e. The van der Waals surface area contributed by atoms with E-state index in [1.165, 1.54) is 0 Å². The van der Waals surface area contributed by atoms with E-state index in [0.29, 0.717) is 24.7 Å². The number of nitrogens with one attached hydrogen (secondary N) is 2. The van der Waals surface area contributed by atoms with Crippen LogP contribution in [0.2, 0.25) is 0 Å². The molecule has 0 saturated heterocycles. The zero-order valence-electron chi connectivity index (χ0n) is 18.7. The first-order valence-corrected chi connectivity index (χ1v) is 11.0. The zero-order valence-corrected chi connectivity index (χ0v) is 18.7. The van der Waals surface area contributed by atoms with Crippen molar-refractivity contribution < 1.29 is 9.53 Å². The van der Waals surface area contributed by atoms with E-state index in [1.54, 1.807) is 18.3 Å². The molecule has 0 unspecified atom stereocenters. The molecule has 4 N–H and O–H groups in total. The van der Waals surface area contributed by atoms with Gasteiger partial charge in [0.25, 0.3) is 5.91 Å². The molecule has 0 atom stereocenters. The van der Waals surface area contributed by atoms with E-state index in [9.17, 15) is 4.79 Å². The molecule has 1 aromatic heterocycles. The van der Waals surface area contributed by atoms with Crippen LogP contribution in [0.4, 0.5) is 17.3 Å². The lowest BCUT2D eigenvalue weighted by atomic mass is 10.0. The van der Waals surface area contributed by atoms with Crippen LogP contribution in [0.25, 0.3) is 11.3 Å². The fraction of sp³-hybridized carbons (Fsp3) is 0.320. The second-order valence-corrected chi connectivity index (χ2v) is 7.56. The number of benzene rings is 2. The molecule has 0 aliphatic heterocycles. The van der Waals surface area contributed by atoms with Crippen LogP contribution >= 0.6 is 0 Å². The lowest BCUT2D eigenvalue weighted by Crippen LogP contribution is -2.25. The molecule has 168 valence electrons. The average Bonchev–Trinajstić information content (AvgIpc) is 2.81. The van der Waals surface area contributed by atoms with Crippen LogP contribution in [0.5, 0.6) is 0 Å². The highest BCUT2D eigenvalue weighted by atomic mass is 16.5. The van der Waals surface area contributed by atoms with E-state index in [0.717, 1.165) is 54.1 Å². The minimum atomic E-state index is -0.0968. The number of ether oxygens (including phenoxy) is 1. The van der Waals surface area contributed by atoms with Crippen LogP contribution in [-0.4, -0.2) is 35.6 Å². The Bertz CT molecular complexity index is 1020. The van der Waals surface area contributed by atoms with Crippen molar-refractivity contribution in [2.24, 2.45) is 0 Å². The van der Waals surface area contributed by atoms with Gasteiger partial charge in [0.1, 0.15) is 0 Å². The maximum absolute atomic E-state index is 12.3. The molecule has 7 nitrogen and oxygen atoms in total. The minimum absolute atomic E-state index is 0.0968. The molecule has 0 spiro atoms.